The first-order chi connectivity index (χ1) is 18.7. The number of fused-ring (bicyclic) bond motifs is 1. The lowest BCUT2D eigenvalue weighted by Gasteiger charge is -2.24. The Kier molecular flexibility index (Phi) is 7.78. The van der Waals surface area contributed by atoms with Crippen LogP contribution < -0.4 is 20.7 Å². The number of benzene rings is 2. The summed E-state index contributed by atoms with van der Waals surface area (Å²) >= 11 is 6.39. The zero-order chi connectivity index (χ0) is 27.6. The highest BCUT2D eigenvalue weighted by atomic mass is 35.5. The molecule has 1 aliphatic rings. The molecule has 0 bridgehead atoms. The van der Waals surface area contributed by atoms with Crippen molar-refractivity contribution < 1.29 is 17.5 Å². The van der Waals surface area contributed by atoms with E-state index in [-0.39, 0.29) is 34.3 Å². The van der Waals surface area contributed by atoms with E-state index in [0.29, 0.717) is 39.3 Å². The Balaban J connectivity index is 1.46. The maximum Gasteiger partial charge on any atom is 0.229 e. The molecule has 10 nitrogen and oxygen atoms in total. The lowest BCUT2D eigenvalue weighted by molar-refractivity contribution is 0.409. The van der Waals surface area contributed by atoms with Gasteiger partial charge in [0.05, 0.1) is 35.8 Å². The third-order valence-corrected chi connectivity index (χ3v) is 7.58. The molecule has 3 heterocycles. The summed E-state index contributed by atoms with van der Waals surface area (Å²) in [5.74, 6) is 0.336. The molecule has 2 aromatic heterocycles. The summed E-state index contributed by atoms with van der Waals surface area (Å²) in [6.07, 6.45) is 7.28. The van der Waals surface area contributed by atoms with Crippen LogP contribution in [-0.4, -0.2) is 54.8 Å². The quantitative estimate of drug-likeness (QED) is 0.273. The number of nitrogens with zero attached hydrogens (tertiary/aromatic N) is 4. The van der Waals surface area contributed by atoms with Gasteiger partial charge in [0.15, 0.2) is 15.7 Å². The van der Waals surface area contributed by atoms with Crippen LogP contribution in [0, 0.1) is 5.82 Å². The van der Waals surface area contributed by atoms with Gasteiger partial charge in [-0.05, 0) is 55.6 Å². The molecule has 4 aromatic rings. The van der Waals surface area contributed by atoms with E-state index in [2.05, 4.69) is 35.9 Å². The Labute approximate surface area is 230 Å². The molecule has 39 heavy (non-hydrogen) atoms. The van der Waals surface area contributed by atoms with E-state index in [4.69, 9.17) is 16.3 Å². The van der Waals surface area contributed by atoms with E-state index < -0.39 is 9.84 Å². The van der Waals surface area contributed by atoms with Crippen molar-refractivity contribution in [3.63, 3.8) is 0 Å². The fraction of sp³-hybridized carbons (Fsp3) is 0.308. The molecular weight excluding hydrogens is 545 g/mol. The Hall–Kier alpha value is -3.61. The van der Waals surface area contributed by atoms with Crippen LogP contribution in [0.25, 0.3) is 11.0 Å². The average molecular weight is 572 g/mol. The summed E-state index contributed by atoms with van der Waals surface area (Å²) in [7, 11) is -1.88. The molecular formula is C26H27ClFN7O3S. The SMILES string of the molecule is COc1cc(C2CCNCC2)c(F)cc1Nc1ncc(Cl)c(Nc2ccc3nccnc3c2CS(C)(=O)=O)n1. The van der Waals surface area contributed by atoms with Gasteiger partial charge in [-0.3, -0.25) is 9.97 Å². The van der Waals surface area contributed by atoms with Crippen molar-refractivity contribution in [2.75, 3.05) is 37.1 Å². The van der Waals surface area contributed by atoms with Crippen LogP contribution in [-0.2, 0) is 15.6 Å². The molecule has 1 fully saturated rings. The Morgan fingerprint density at radius 1 is 1.10 bits per heavy atom. The number of hydrogen-bond acceptors (Lipinski definition) is 10. The third-order valence-electron chi connectivity index (χ3n) is 6.49. The molecule has 0 radical (unpaired) electrons. The second-order valence-electron chi connectivity index (χ2n) is 9.32. The van der Waals surface area contributed by atoms with Crippen molar-refractivity contribution in [1.29, 1.82) is 0 Å². The van der Waals surface area contributed by atoms with Crippen LogP contribution in [0.15, 0.2) is 42.9 Å². The predicted molar refractivity (Wildman–Crippen MR) is 149 cm³/mol. The minimum atomic E-state index is -3.40. The van der Waals surface area contributed by atoms with Crippen molar-refractivity contribution in [2.45, 2.75) is 24.5 Å². The van der Waals surface area contributed by atoms with E-state index in [1.807, 2.05) is 0 Å². The van der Waals surface area contributed by atoms with Crippen LogP contribution in [0.4, 0.5) is 27.5 Å². The summed E-state index contributed by atoms with van der Waals surface area (Å²) in [4.78, 5) is 17.3. The van der Waals surface area contributed by atoms with Gasteiger partial charge in [-0.2, -0.15) is 4.98 Å². The zero-order valence-corrected chi connectivity index (χ0v) is 22.9. The molecule has 204 valence electrons. The Morgan fingerprint density at radius 2 is 1.87 bits per heavy atom. The second kappa shape index (κ2) is 11.2. The van der Waals surface area contributed by atoms with Crippen LogP contribution in [0.1, 0.15) is 29.9 Å². The highest BCUT2D eigenvalue weighted by Gasteiger charge is 2.22. The summed E-state index contributed by atoms with van der Waals surface area (Å²) in [6.45, 7) is 1.69. The fourth-order valence-corrected chi connectivity index (χ4v) is 5.62. The van der Waals surface area contributed by atoms with Crippen LogP contribution in [0.5, 0.6) is 5.75 Å². The minimum absolute atomic E-state index is 0.115. The first-order valence-electron chi connectivity index (χ1n) is 12.3. The summed E-state index contributed by atoms with van der Waals surface area (Å²) in [5.41, 5.74) is 2.88. The highest BCUT2D eigenvalue weighted by molar-refractivity contribution is 7.89. The van der Waals surface area contributed by atoms with Crippen molar-refractivity contribution >= 4 is 55.6 Å². The number of sulfone groups is 1. The van der Waals surface area contributed by atoms with Gasteiger partial charge in [0.1, 0.15) is 16.6 Å². The summed E-state index contributed by atoms with van der Waals surface area (Å²) < 4.78 is 45.1. The first-order valence-corrected chi connectivity index (χ1v) is 14.7. The number of nitrogens with one attached hydrogen (secondary N) is 3. The van der Waals surface area contributed by atoms with Crippen molar-refractivity contribution in [3.05, 3.63) is 64.8 Å². The number of piperidine rings is 1. The number of ether oxygens (including phenoxy) is 1. The standard InChI is InChI=1S/C26H27ClFN7O3S/c1-38-23-11-16(15-5-7-29-8-6-15)19(28)12-22(23)34-26-32-13-18(27)25(35-26)33-20-3-4-21-24(31-10-9-30-21)17(20)14-39(2,36)37/h3-4,9-13,15,29H,5-8,14H2,1-2H3,(H2,32,33,34,35). The molecule has 1 aliphatic heterocycles. The molecule has 2 aromatic carbocycles. The monoisotopic (exact) mass is 571 g/mol. The number of anilines is 4. The molecule has 0 atom stereocenters. The molecule has 0 unspecified atom stereocenters. The lowest BCUT2D eigenvalue weighted by Crippen LogP contribution is -2.27. The minimum Gasteiger partial charge on any atom is -0.495 e. The first kappa shape index (κ1) is 27.0. The van der Waals surface area contributed by atoms with Crippen LogP contribution >= 0.6 is 11.6 Å². The van der Waals surface area contributed by atoms with E-state index in [1.54, 1.807) is 18.2 Å². The van der Waals surface area contributed by atoms with Gasteiger partial charge in [0.2, 0.25) is 5.95 Å². The molecule has 1 saturated heterocycles. The van der Waals surface area contributed by atoms with Gasteiger partial charge in [0, 0.05) is 36.0 Å². The normalized spacial score (nSPS) is 14.4. The number of rotatable bonds is 8. The third kappa shape index (κ3) is 6.18. The fourth-order valence-electron chi connectivity index (χ4n) is 4.66. The summed E-state index contributed by atoms with van der Waals surface area (Å²) in [6, 6.07) is 6.52. The molecule has 5 rings (SSSR count). The molecule has 13 heteroatoms. The Morgan fingerprint density at radius 3 is 2.62 bits per heavy atom. The number of halogens is 2. The van der Waals surface area contributed by atoms with E-state index in [1.165, 1.54) is 31.8 Å². The zero-order valence-electron chi connectivity index (χ0n) is 21.3. The van der Waals surface area contributed by atoms with Crippen LogP contribution in [0.2, 0.25) is 5.02 Å². The van der Waals surface area contributed by atoms with Crippen molar-refractivity contribution in [1.82, 2.24) is 25.3 Å². The van der Waals surface area contributed by atoms with Gasteiger partial charge in [0.25, 0.3) is 0 Å². The molecule has 0 amide bonds. The maximum absolute atomic E-state index is 15.1. The summed E-state index contributed by atoms with van der Waals surface area (Å²) in [5, 5.41) is 9.61. The molecule has 0 saturated carbocycles. The van der Waals surface area contributed by atoms with Gasteiger partial charge in [-0.1, -0.05) is 11.6 Å². The van der Waals surface area contributed by atoms with E-state index in [9.17, 15) is 8.42 Å². The molecule has 0 aliphatic carbocycles. The van der Waals surface area contributed by atoms with E-state index in [0.717, 1.165) is 32.2 Å². The highest BCUT2D eigenvalue weighted by Crippen LogP contribution is 2.36. The number of aromatic nitrogens is 4. The van der Waals surface area contributed by atoms with Crippen LogP contribution in [0.3, 0.4) is 0 Å². The van der Waals surface area contributed by atoms with Crippen molar-refractivity contribution in [2.24, 2.45) is 0 Å². The van der Waals surface area contributed by atoms with Gasteiger partial charge < -0.3 is 20.7 Å². The second-order valence-corrected chi connectivity index (χ2v) is 11.9. The number of methoxy groups -OCH3 is 1. The molecule has 0 spiro atoms. The molecule has 3 N–H and O–H groups in total. The van der Waals surface area contributed by atoms with Gasteiger partial charge >= 0.3 is 0 Å². The number of hydrogen-bond donors (Lipinski definition) is 3. The van der Waals surface area contributed by atoms with Crippen molar-refractivity contribution in [3.8, 4) is 5.75 Å². The maximum atomic E-state index is 15.1. The smallest absolute Gasteiger partial charge is 0.229 e. The van der Waals surface area contributed by atoms with E-state index >= 15 is 4.39 Å². The van der Waals surface area contributed by atoms with Gasteiger partial charge in [-0.25, -0.2) is 17.8 Å². The lowest BCUT2D eigenvalue weighted by atomic mass is 9.89. The largest absolute Gasteiger partial charge is 0.495 e. The topological polar surface area (TPSA) is 131 Å². The Bertz CT molecular complexity index is 1630. The average Bonchev–Trinajstić information content (AvgIpc) is 2.92. The van der Waals surface area contributed by atoms with Gasteiger partial charge in [-0.15, -0.1) is 0 Å². The predicted octanol–water partition coefficient (Wildman–Crippen LogP) is 4.72.